The third-order valence-corrected chi connectivity index (χ3v) is 5.66. The fraction of sp³-hybridized carbons (Fsp3) is 1.00. The summed E-state index contributed by atoms with van der Waals surface area (Å²) in [5, 5.41) is 3.59. The van der Waals surface area contributed by atoms with E-state index in [4.69, 9.17) is 4.74 Å². The summed E-state index contributed by atoms with van der Waals surface area (Å²) in [6.07, 6.45) is 9.72. The highest BCUT2D eigenvalue weighted by Gasteiger charge is 2.31. The number of ether oxygens (including phenoxy) is 1. The van der Waals surface area contributed by atoms with Gasteiger partial charge in [-0.2, -0.15) is 0 Å². The predicted octanol–water partition coefficient (Wildman–Crippen LogP) is 3.15. The maximum Gasteiger partial charge on any atom is 0.0502 e. The lowest BCUT2D eigenvalue weighted by molar-refractivity contribution is 0.0675. The molecule has 4 unspecified atom stereocenters. The van der Waals surface area contributed by atoms with Gasteiger partial charge in [-0.1, -0.05) is 19.8 Å². The molecule has 1 N–H and O–H groups in total. The minimum atomic E-state index is 0.737. The second-order valence-electron chi connectivity index (χ2n) is 7.35. The Balaban J connectivity index is 1.85. The van der Waals surface area contributed by atoms with E-state index >= 15 is 0 Å². The van der Waals surface area contributed by atoms with Crippen LogP contribution in [0.25, 0.3) is 0 Å². The van der Waals surface area contributed by atoms with Gasteiger partial charge in [0, 0.05) is 26.2 Å². The second-order valence-corrected chi connectivity index (χ2v) is 7.35. The number of methoxy groups -OCH3 is 1. The summed E-state index contributed by atoms with van der Waals surface area (Å²) in [6, 6.07) is 0.737. The summed E-state index contributed by atoms with van der Waals surface area (Å²) in [7, 11) is 3.99. The molecule has 124 valence electrons. The van der Waals surface area contributed by atoms with E-state index in [1.807, 2.05) is 7.11 Å². The van der Waals surface area contributed by atoms with Crippen molar-refractivity contribution in [1.82, 2.24) is 10.2 Å². The van der Waals surface area contributed by atoms with Gasteiger partial charge in [-0.25, -0.2) is 0 Å². The summed E-state index contributed by atoms with van der Waals surface area (Å²) in [4.78, 5) is 2.72. The first-order valence-corrected chi connectivity index (χ1v) is 9.15. The van der Waals surface area contributed by atoms with E-state index in [1.165, 1.54) is 64.6 Å². The maximum atomic E-state index is 5.37. The van der Waals surface area contributed by atoms with Crippen molar-refractivity contribution in [2.45, 2.75) is 57.9 Å². The minimum Gasteiger partial charge on any atom is -0.384 e. The van der Waals surface area contributed by atoms with Crippen molar-refractivity contribution in [1.29, 1.82) is 0 Å². The van der Waals surface area contributed by atoms with E-state index in [0.29, 0.717) is 0 Å². The molecule has 3 heteroatoms. The number of piperidine rings is 1. The first-order valence-electron chi connectivity index (χ1n) is 9.15. The van der Waals surface area contributed by atoms with Gasteiger partial charge in [0.1, 0.15) is 0 Å². The highest BCUT2D eigenvalue weighted by Crippen LogP contribution is 2.33. The number of nitrogens with zero attached hydrogens (tertiary/aromatic N) is 1. The Morgan fingerprint density at radius 3 is 2.76 bits per heavy atom. The Morgan fingerprint density at radius 1 is 1.19 bits per heavy atom. The van der Waals surface area contributed by atoms with Crippen LogP contribution in [0.3, 0.4) is 0 Å². The lowest BCUT2D eigenvalue weighted by atomic mass is 9.76. The van der Waals surface area contributed by atoms with Crippen LogP contribution in [0, 0.1) is 17.8 Å². The van der Waals surface area contributed by atoms with Crippen LogP contribution in [-0.4, -0.2) is 51.3 Å². The summed E-state index contributed by atoms with van der Waals surface area (Å²) >= 11 is 0. The zero-order valence-corrected chi connectivity index (χ0v) is 14.4. The lowest BCUT2D eigenvalue weighted by Crippen LogP contribution is -2.47. The van der Waals surface area contributed by atoms with Gasteiger partial charge < -0.3 is 15.0 Å². The average Bonchev–Trinajstić information content (AvgIpc) is 2.49. The van der Waals surface area contributed by atoms with E-state index < -0.39 is 0 Å². The molecule has 1 saturated carbocycles. The fourth-order valence-corrected chi connectivity index (χ4v) is 4.63. The molecule has 1 aliphatic heterocycles. The Kier molecular flexibility index (Phi) is 7.48. The molecule has 3 nitrogen and oxygen atoms in total. The molecule has 0 aromatic rings. The van der Waals surface area contributed by atoms with E-state index in [9.17, 15) is 0 Å². The van der Waals surface area contributed by atoms with Crippen molar-refractivity contribution >= 4 is 0 Å². The number of rotatable bonds is 7. The average molecular weight is 296 g/mol. The quantitative estimate of drug-likeness (QED) is 0.781. The van der Waals surface area contributed by atoms with Crippen LogP contribution in [0.4, 0.5) is 0 Å². The largest absolute Gasteiger partial charge is 0.384 e. The third kappa shape index (κ3) is 5.22. The van der Waals surface area contributed by atoms with Crippen molar-refractivity contribution in [3.8, 4) is 0 Å². The maximum absolute atomic E-state index is 5.37. The predicted molar refractivity (Wildman–Crippen MR) is 89.6 cm³/mol. The van der Waals surface area contributed by atoms with Gasteiger partial charge in [-0.05, 0) is 63.5 Å². The Labute approximate surface area is 131 Å². The summed E-state index contributed by atoms with van der Waals surface area (Å²) in [5.41, 5.74) is 0. The molecule has 0 spiro atoms. The molecule has 2 rings (SSSR count). The Bertz CT molecular complexity index is 282. The summed E-state index contributed by atoms with van der Waals surface area (Å²) in [6.45, 7) is 7.12. The SMILES string of the molecule is CCCC1CCC(NC)C(CN2CCCC(COC)C2)C1. The van der Waals surface area contributed by atoms with Gasteiger partial charge >= 0.3 is 0 Å². The molecule has 0 radical (unpaired) electrons. The lowest BCUT2D eigenvalue weighted by Gasteiger charge is -2.41. The van der Waals surface area contributed by atoms with Crippen LogP contribution in [0.1, 0.15) is 51.9 Å². The molecule has 0 bridgehead atoms. The smallest absolute Gasteiger partial charge is 0.0502 e. The van der Waals surface area contributed by atoms with E-state index in [1.54, 1.807) is 0 Å². The topological polar surface area (TPSA) is 24.5 Å². The molecule has 1 saturated heterocycles. The molecule has 2 fully saturated rings. The van der Waals surface area contributed by atoms with Gasteiger partial charge in [0.05, 0.1) is 6.61 Å². The van der Waals surface area contributed by atoms with Crippen LogP contribution in [0.15, 0.2) is 0 Å². The standard InChI is InChI=1S/C18H36N2O/c1-4-6-15-8-9-18(19-2)17(11-15)13-20-10-5-7-16(12-20)14-21-3/h15-19H,4-14H2,1-3H3. The van der Waals surface area contributed by atoms with Crippen molar-refractivity contribution in [3.63, 3.8) is 0 Å². The molecular formula is C18H36N2O. The monoisotopic (exact) mass is 296 g/mol. The van der Waals surface area contributed by atoms with Crippen molar-refractivity contribution < 1.29 is 4.74 Å². The van der Waals surface area contributed by atoms with Crippen molar-refractivity contribution in [2.75, 3.05) is 40.4 Å². The molecule has 0 aromatic heterocycles. The van der Waals surface area contributed by atoms with E-state index in [-0.39, 0.29) is 0 Å². The number of likely N-dealkylation sites (tertiary alicyclic amines) is 1. The highest BCUT2D eigenvalue weighted by molar-refractivity contribution is 4.87. The van der Waals surface area contributed by atoms with Gasteiger partial charge in [0.25, 0.3) is 0 Å². The molecule has 1 aliphatic carbocycles. The number of hydrogen-bond donors (Lipinski definition) is 1. The van der Waals surface area contributed by atoms with Crippen LogP contribution in [0.5, 0.6) is 0 Å². The third-order valence-electron chi connectivity index (χ3n) is 5.66. The van der Waals surface area contributed by atoms with Gasteiger partial charge in [0.2, 0.25) is 0 Å². The van der Waals surface area contributed by atoms with Crippen LogP contribution < -0.4 is 5.32 Å². The molecule has 21 heavy (non-hydrogen) atoms. The first kappa shape index (κ1) is 17.2. The van der Waals surface area contributed by atoms with Gasteiger partial charge in [-0.15, -0.1) is 0 Å². The first-order chi connectivity index (χ1) is 10.3. The zero-order valence-electron chi connectivity index (χ0n) is 14.4. The van der Waals surface area contributed by atoms with E-state index in [2.05, 4.69) is 24.2 Å². The fourth-order valence-electron chi connectivity index (χ4n) is 4.63. The summed E-state index contributed by atoms with van der Waals surface area (Å²) in [5.74, 6) is 2.58. The van der Waals surface area contributed by atoms with Crippen molar-refractivity contribution in [3.05, 3.63) is 0 Å². The molecule has 2 aliphatic rings. The van der Waals surface area contributed by atoms with Crippen molar-refractivity contribution in [2.24, 2.45) is 17.8 Å². The Hall–Kier alpha value is -0.120. The molecule has 0 amide bonds. The summed E-state index contributed by atoms with van der Waals surface area (Å²) < 4.78 is 5.37. The normalized spacial score (nSPS) is 35.0. The molecule has 0 aromatic carbocycles. The zero-order chi connectivity index (χ0) is 15.1. The van der Waals surface area contributed by atoms with Gasteiger partial charge in [0.15, 0.2) is 0 Å². The highest BCUT2D eigenvalue weighted by atomic mass is 16.5. The number of hydrogen-bond acceptors (Lipinski definition) is 3. The van der Waals surface area contributed by atoms with Gasteiger partial charge in [-0.3, -0.25) is 0 Å². The number of nitrogens with one attached hydrogen (secondary N) is 1. The van der Waals surface area contributed by atoms with E-state index in [0.717, 1.165) is 30.4 Å². The minimum absolute atomic E-state index is 0.737. The second kappa shape index (κ2) is 9.12. The molecule has 4 atom stereocenters. The molecule has 1 heterocycles. The van der Waals surface area contributed by atoms with Crippen LogP contribution in [0.2, 0.25) is 0 Å². The molecular weight excluding hydrogens is 260 g/mol. The Morgan fingerprint density at radius 2 is 2.05 bits per heavy atom. The van der Waals surface area contributed by atoms with Crippen LogP contribution >= 0.6 is 0 Å². The van der Waals surface area contributed by atoms with Crippen LogP contribution in [-0.2, 0) is 4.74 Å².